The summed E-state index contributed by atoms with van der Waals surface area (Å²) >= 11 is 0. The third-order valence-corrected chi connectivity index (χ3v) is 2.59. The van der Waals surface area contributed by atoms with Gasteiger partial charge in [0.25, 0.3) is 0 Å². The Morgan fingerprint density at radius 2 is 2.26 bits per heavy atom. The molecule has 6 heteroatoms. The van der Waals surface area contributed by atoms with Gasteiger partial charge in [-0.05, 0) is 24.6 Å². The number of carbonyl (C=O) groups is 1. The first-order chi connectivity index (χ1) is 9.02. The third-order valence-electron chi connectivity index (χ3n) is 2.59. The van der Waals surface area contributed by atoms with Gasteiger partial charge in [-0.25, -0.2) is 14.2 Å². The molecule has 1 N–H and O–H groups in total. The summed E-state index contributed by atoms with van der Waals surface area (Å²) in [6.07, 6.45) is 0. The first-order valence-electron chi connectivity index (χ1n) is 5.51. The zero-order valence-electron chi connectivity index (χ0n) is 10.4. The van der Waals surface area contributed by atoms with Crippen LogP contribution in [0.15, 0.2) is 22.6 Å². The summed E-state index contributed by atoms with van der Waals surface area (Å²) in [5.74, 6) is -1.87. The minimum absolute atomic E-state index is 0.0134. The molecule has 19 heavy (non-hydrogen) atoms. The molecule has 1 aromatic heterocycles. The number of oxazole rings is 1. The van der Waals surface area contributed by atoms with E-state index in [1.54, 1.807) is 19.1 Å². The molecule has 0 atom stereocenters. The lowest BCUT2D eigenvalue weighted by molar-refractivity contribution is 0.0656. The number of benzene rings is 1. The van der Waals surface area contributed by atoms with Gasteiger partial charge in [0.2, 0.25) is 11.7 Å². The zero-order valence-corrected chi connectivity index (χ0v) is 10.4. The Bertz CT molecular complexity index is 621. The van der Waals surface area contributed by atoms with Gasteiger partial charge in [-0.15, -0.1) is 0 Å². The molecule has 0 radical (unpaired) electrons. The number of aryl methyl sites for hydroxylation is 1. The molecular formula is C13H12FNO4. The summed E-state index contributed by atoms with van der Waals surface area (Å²) in [5.41, 5.74) is 1.05. The highest BCUT2D eigenvalue weighted by atomic mass is 19.1. The molecule has 0 spiro atoms. The van der Waals surface area contributed by atoms with Crippen LogP contribution in [0.3, 0.4) is 0 Å². The van der Waals surface area contributed by atoms with Crippen molar-refractivity contribution in [2.75, 3.05) is 7.11 Å². The van der Waals surface area contributed by atoms with Crippen LogP contribution in [0.5, 0.6) is 0 Å². The van der Waals surface area contributed by atoms with Crippen LogP contribution in [0.2, 0.25) is 0 Å². The molecule has 0 amide bonds. The molecule has 0 fully saturated rings. The predicted molar refractivity (Wildman–Crippen MR) is 64.3 cm³/mol. The van der Waals surface area contributed by atoms with E-state index in [2.05, 4.69) is 4.98 Å². The highest BCUT2D eigenvalue weighted by Crippen LogP contribution is 2.24. The fourth-order valence-electron chi connectivity index (χ4n) is 1.60. The van der Waals surface area contributed by atoms with Crippen molar-refractivity contribution in [3.05, 3.63) is 41.0 Å². The van der Waals surface area contributed by atoms with Crippen molar-refractivity contribution in [1.29, 1.82) is 0 Å². The number of halogens is 1. The Hall–Kier alpha value is -2.21. The van der Waals surface area contributed by atoms with Gasteiger partial charge >= 0.3 is 5.97 Å². The standard InChI is InChI=1S/C13H12FNO4/c1-7-3-4-8(5-9(7)14)12-15-10(6-18-2)11(19-12)13(16)17/h3-5H,6H2,1-2H3,(H,16,17). The van der Waals surface area contributed by atoms with Crippen LogP contribution in [0.1, 0.15) is 21.8 Å². The Balaban J connectivity index is 2.47. The van der Waals surface area contributed by atoms with Crippen molar-refractivity contribution >= 4 is 5.97 Å². The Labute approximate surface area is 108 Å². The molecule has 0 aliphatic rings. The number of ether oxygens (including phenoxy) is 1. The Morgan fingerprint density at radius 3 is 2.84 bits per heavy atom. The smallest absolute Gasteiger partial charge is 0.373 e. The SMILES string of the molecule is COCc1nc(-c2ccc(C)c(F)c2)oc1C(=O)O. The number of methoxy groups -OCH3 is 1. The second kappa shape index (κ2) is 5.19. The fraction of sp³-hybridized carbons (Fsp3) is 0.231. The lowest BCUT2D eigenvalue weighted by Crippen LogP contribution is -2.00. The second-order valence-corrected chi connectivity index (χ2v) is 4.00. The topological polar surface area (TPSA) is 72.6 Å². The van der Waals surface area contributed by atoms with E-state index in [0.29, 0.717) is 11.1 Å². The van der Waals surface area contributed by atoms with Crippen molar-refractivity contribution in [1.82, 2.24) is 4.98 Å². The van der Waals surface area contributed by atoms with E-state index in [1.807, 2.05) is 0 Å². The van der Waals surface area contributed by atoms with Gasteiger partial charge < -0.3 is 14.3 Å². The molecule has 0 aliphatic heterocycles. The molecule has 0 saturated heterocycles. The molecule has 0 bridgehead atoms. The number of rotatable bonds is 4. The average molecular weight is 265 g/mol. The van der Waals surface area contributed by atoms with Crippen molar-refractivity contribution in [2.24, 2.45) is 0 Å². The lowest BCUT2D eigenvalue weighted by atomic mass is 10.1. The maximum Gasteiger partial charge on any atom is 0.373 e. The van der Waals surface area contributed by atoms with Gasteiger partial charge in [0.1, 0.15) is 11.5 Å². The summed E-state index contributed by atoms with van der Waals surface area (Å²) in [5, 5.41) is 8.99. The second-order valence-electron chi connectivity index (χ2n) is 4.00. The van der Waals surface area contributed by atoms with Gasteiger partial charge in [0.05, 0.1) is 6.61 Å². The zero-order chi connectivity index (χ0) is 14.0. The van der Waals surface area contributed by atoms with Gasteiger partial charge in [-0.1, -0.05) is 6.07 Å². The van der Waals surface area contributed by atoms with Gasteiger partial charge in [0.15, 0.2) is 0 Å². The molecule has 1 aromatic carbocycles. The van der Waals surface area contributed by atoms with Crippen molar-refractivity contribution in [2.45, 2.75) is 13.5 Å². The van der Waals surface area contributed by atoms with E-state index < -0.39 is 11.8 Å². The number of hydrogen-bond acceptors (Lipinski definition) is 4. The van der Waals surface area contributed by atoms with Crippen molar-refractivity contribution in [3.63, 3.8) is 0 Å². The monoisotopic (exact) mass is 265 g/mol. The van der Waals surface area contributed by atoms with E-state index in [4.69, 9.17) is 14.3 Å². The largest absolute Gasteiger partial charge is 0.475 e. The van der Waals surface area contributed by atoms with Crippen molar-refractivity contribution < 1.29 is 23.4 Å². The van der Waals surface area contributed by atoms with E-state index in [9.17, 15) is 9.18 Å². The summed E-state index contributed by atoms with van der Waals surface area (Å²) in [6.45, 7) is 1.65. The summed E-state index contributed by atoms with van der Waals surface area (Å²) in [4.78, 5) is 15.0. The van der Waals surface area contributed by atoms with Crippen LogP contribution in [-0.2, 0) is 11.3 Å². The average Bonchev–Trinajstić information content (AvgIpc) is 2.77. The lowest BCUT2D eigenvalue weighted by Gasteiger charge is -1.98. The molecule has 0 saturated carbocycles. The summed E-state index contributed by atoms with van der Waals surface area (Å²) in [6, 6.07) is 4.45. The maximum atomic E-state index is 13.5. The minimum Gasteiger partial charge on any atom is -0.475 e. The minimum atomic E-state index is -1.24. The molecular weight excluding hydrogens is 253 g/mol. The van der Waals surface area contributed by atoms with Gasteiger partial charge in [-0.2, -0.15) is 0 Å². The number of carboxylic acids is 1. The van der Waals surface area contributed by atoms with Crippen molar-refractivity contribution in [3.8, 4) is 11.5 Å². The molecule has 2 aromatic rings. The van der Waals surface area contributed by atoms with Crippen LogP contribution in [-0.4, -0.2) is 23.2 Å². The van der Waals surface area contributed by atoms with E-state index in [0.717, 1.165) is 0 Å². The normalized spacial score (nSPS) is 10.7. The molecule has 2 rings (SSSR count). The quantitative estimate of drug-likeness (QED) is 0.919. The Kier molecular flexibility index (Phi) is 3.62. The van der Waals surface area contributed by atoms with Crippen LogP contribution in [0.4, 0.5) is 4.39 Å². The predicted octanol–water partition coefficient (Wildman–Crippen LogP) is 2.63. The molecule has 0 unspecified atom stereocenters. The Morgan fingerprint density at radius 1 is 1.53 bits per heavy atom. The van der Waals surface area contributed by atoms with Crippen LogP contribution in [0.25, 0.3) is 11.5 Å². The number of hydrogen-bond donors (Lipinski definition) is 1. The number of aromatic carboxylic acids is 1. The number of aromatic nitrogens is 1. The van der Waals surface area contributed by atoms with Crippen LogP contribution < -0.4 is 0 Å². The number of carboxylic acid groups (broad SMARTS) is 1. The van der Waals surface area contributed by atoms with E-state index >= 15 is 0 Å². The molecule has 5 nitrogen and oxygen atoms in total. The highest BCUT2D eigenvalue weighted by molar-refractivity contribution is 5.86. The third kappa shape index (κ3) is 2.63. The van der Waals surface area contributed by atoms with Crippen LogP contribution in [0, 0.1) is 12.7 Å². The molecule has 100 valence electrons. The first-order valence-corrected chi connectivity index (χ1v) is 5.51. The highest BCUT2D eigenvalue weighted by Gasteiger charge is 2.20. The molecule has 1 heterocycles. The molecule has 0 aliphatic carbocycles. The van der Waals surface area contributed by atoms with E-state index in [-0.39, 0.29) is 24.0 Å². The van der Waals surface area contributed by atoms with Crippen LogP contribution >= 0.6 is 0 Å². The van der Waals surface area contributed by atoms with Gasteiger partial charge in [0, 0.05) is 12.7 Å². The van der Waals surface area contributed by atoms with Gasteiger partial charge in [-0.3, -0.25) is 0 Å². The summed E-state index contributed by atoms with van der Waals surface area (Å²) < 4.78 is 23.5. The first kappa shape index (κ1) is 13.2. The summed E-state index contributed by atoms with van der Waals surface area (Å²) in [7, 11) is 1.42. The maximum absolute atomic E-state index is 13.5. The fourth-order valence-corrected chi connectivity index (χ4v) is 1.60. The van der Waals surface area contributed by atoms with E-state index in [1.165, 1.54) is 13.2 Å². The number of nitrogens with zero attached hydrogens (tertiary/aromatic N) is 1.